The van der Waals surface area contributed by atoms with Crippen LogP contribution < -0.4 is 10.6 Å². The summed E-state index contributed by atoms with van der Waals surface area (Å²) < 4.78 is 5.73. The fraction of sp³-hybridized carbons (Fsp3) is 0.500. The lowest BCUT2D eigenvalue weighted by Gasteiger charge is -2.21. The van der Waals surface area contributed by atoms with Crippen molar-refractivity contribution in [2.24, 2.45) is 5.92 Å². The van der Waals surface area contributed by atoms with E-state index in [0.29, 0.717) is 12.5 Å². The zero-order chi connectivity index (χ0) is 23.8. The van der Waals surface area contributed by atoms with E-state index in [9.17, 15) is 15.0 Å². The lowest BCUT2D eigenvalue weighted by Crippen LogP contribution is -2.44. The Labute approximate surface area is 204 Å². The van der Waals surface area contributed by atoms with Gasteiger partial charge >= 0.3 is 0 Å². The quantitative estimate of drug-likeness (QED) is 0.279. The summed E-state index contributed by atoms with van der Waals surface area (Å²) in [6.07, 6.45) is 2.52. The molecule has 0 fully saturated rings. The van der Waals surface area contributed by atoms with Crippen molar-refractivity contribution in [3.8, 4) is 0 Å². The lowest BCUT2D eigenvalue weighted by molar-refractivity contribution is -0.0717. The Bertz CT molecular complexity index is 922. The van der Waals surface area contributed by atoms with Crippen LogP contribution in [0.4, 0.5) is 5.82 Å². The number of amides is 1. The standard InChI is InChI=1S/C24H31Cl2N3O4/c1-15(7-9-17-10-8-16-4-3-12-27-22(16)28-17)14-33-13-11-20(24(31)32)29-23(30)21-18(25)5-2-6-19(21)26/h2,5-6,8,10,15,20,24,31-32H,3-4,7,9,11-14H2,1H3,(H,27,28)(H,29,30)/t15-,20-/m1/s1. The lowest BCUT2D eigenvalue weighted by atomic mass is 10.0. The zero-order valence-electron chi connectivity index (χ0n) is 18.7. The minimum atomic E-state index is -1.74. The van der Waals surface area contributed by atoms with E-state index in [0.717, 1.165) is 43.7 Å². The molecule has 0 unspecified atom stereocenters. The molecule has 2 aromatic rings. The molecule has 1 aliphatic rings. The number of hydrogen-bond acceptors (Lipinski definition) is 6. The monoisotopic (exact) mass is 495 g/mol. The molecule has 3 rings (SSSR count). The molecule has 0 bridgehead atoms. The summed E-state index contributed by atoms with van der Waals surface area (Å²) in [5.74, 6) is 0.755. The highest BCUT2D eigenvalue weighted by molar-refractivity contribution is 6.39. The first kappa shape index (κ1) is 25.7. The molecule has 0 radical (unpaired) electrons. The summed E-state index contributed by atoms with van der Waals surface area (Å²) >= 11 is 12.1. The highest BCUT2D eigenvalue weighted by atomic mass is 35.5. The van der Waals surface area contributed by atoms with Crippen LogP contribution in [0.25, 0.3) is 0 Å². The Morgan fingerprint density at radius 1 is 1.21 bits per heavy atom. The Morgan fingerprint density at radius 3 is 2.70 bits per heavy atom. The van der Waals surface area contributed by atoms with Gasteiger partial charge in [0, 0.05) is 25.5 Å². The smallest absolute Gasteiger partial charge is 0.254 e. The molecular formula is C24H31Cl2N3O4. The number of carbonyl (C=O) groups excluding carboxylic acids is 1. The second-order valence-electron chi connectivity index (χ2n) is 8.44. The van der Waals surface area contributed by atoms with Crippen molar-refractivity contribution in [2.45, 2.75) is 51.4 Å². The molecule has 2 heterocycles. The second-order valence-corrected chi connectivity index (χ2v) is 9.25. The van der Waals surface area contributed by atoms with E-state index in [1.165, 1.54) is 5.56 Å². The zero-order valence-corrected chi connectivity index (χ0v) is 20.2. The van der Waals surface area contributed by atoms with Gasteiger partial charge in [-0.15, -0.1) is 0 Å². The number of aliphatic hydroxyl groups excluding tert-OH is 1. The number of hydrogen-bond donors (Lipinski definition) is 4. The molecule has 1 aromatic heterocycles. The van der Waals surface area contributed by atoms with Crippen LogP contribution in [0.5, 0.6) is 0 Å². The van der Waals surface area contributed by atoms with Crippen molar-refractivity contribution < 1.29 is 19.7 Å². The van der Waals surface area contributed by atoms with Crippen LogP contribution in [0.2, 0.25) is 10.0 Å². The fourth-order valence-corrected chi connectivity index (χ4v) is 4.30. The molecule has 9 heteroatoms. The minimum Gasteiger partial charge on any atom is -0.381 e. The number of rotatable bonds is 11. The maximum absolute atomic E-state index is 12.5. The average molecular weight is 496 g/mol. The number of nitrogens with zero attached hydrogens (tertiary/aromatic N) is 1. The number of aryl methyl sites for hydroxylation is 2. The van der Waals surface area contributed by atoms with E-state index in [1.807, 2.05) is 0 Å². The predicted octanol–water partition coefficient (Wildman–Crippen LogP) is 3.83. The first-order valence-corrected chi connectivity index (χ1v) is 12.0. The minimum absolute atomic E-state index is 0.104. The largest absolute Gasteiger partial charge is 0.381 e. The van der Waals surface area contributed by atoms with Gasteiger partial charge in [0.25, 0.3) is 5.91 Å². The number of ether oxygens (including phenoxy) is 1. The van der Waals surface area contributed by atoms with Crippen molar-refractivity contribution in [3.63, 3.8) is 0 Å². The topological polar surface area (TPSA) is 104 Å². The van der Waals surface area contributed by atoms with E-state index in [-0.39, 0.29) is 28.6 Å². The molecule has 2 atom stereocenters. The summed E-state index contributed by atoms with van der Waals surface area (Å²) in [6.45, 7) is 3.88. The molecule has 1 aliphatic heterocycles. The van der Waals surface area contributed by atoms with Crippen molar-refractivity contribution >= 4 is 34.9 Å². The number of nitrogens with one attached hydrogen (secondary N) is 2. The summed E-state index contributed by atoms with van der Waals surface area (Å²) in [4.78, 5) is 17.2. The third kappa shape index (κ3) is 7.55. The van der Waals surface area contributed by atoms with Gasteiger partial charge in [0.15, 0.2) is 6.29 Å². The Morgan fingerprint density at radius 2 is 1.97 bits per heavy atom. The molecule has 4 N–H and O–H groups in total. The first-order valence-electron chi connectivity index (χ1n) is 11.3. The molecule has 1 amide bonds. The van der Waals surface area contributed by atoms with Gasteiger partial charge in [0.1, 0.15) is 5.82 Å². The number of aromatic nitrogens is 1. The molecule has 180 valence electrons. The normalized spacial score (nSPS) is 15.0. The summed E-state index contributed by atoms with van der Waals surface area (Å²) in [6, 6.07) is 8.08. The number of pyridine rings is 1. The van der Waals surface area contributed by atoms with Gasteiger partial charge in [-0.1, -0.05) is 42.3 Å². The molecular weight excluding hydrogens is 465 g/mol. The summed E-state index contributed by atoms with van der Waals surface area (Å²) in [5.41, 5.74) is 2.46. The van der Waals surface area contributed by atoms with Gasteiger partial charge in [-0.25, -0.2) is 4.98 Å². The van der Waals surface area contributed by atoms with Gasteiger partial charge in [-0.3, -0.25) is 4.79 Å². The van der Waals surface area contributed by atoms with Crippen LogP contribution in [0.15, 0.2) is 30.3 Å². The van der Waals surface area contributed by atoms with Gasteiger partial charge in [0.2, 0.25) is 0 Å². The summed E-state index contributed by atoms with van der Waals surface area (Å²) in [5, 5.41) is 25.6. The predicted molar refractivity (Wildman–Crippen MR) is 130 cm³/mol. The van der Waals surface area contributed by atoms with E-state index in [2.05, 4.69) is 29.7 Å². The second kappa shape index (κ2) is 12.5. The number of benzene rings is 1. The SMILES string of the molecule is C[C@H](CCc1ccc2c(n1)NCCC2)COCC[C@@H](NC(=O)c1c(Cl)cccc1Cl)C(O)O. The molecule has 1 aromatic carbocycles. The highest BCUT2D eigenvalue weighted by Crippen LogP contribution is 2.24. The van der Waals surface area contributed by atoms with Crippen LogP contribution >= 0.6 is 23.2 Å². The van der Waals surface area contributed by atoms with Crippen molar-refractivity contribution in [2.75, 3.05) is 25.1 Å². The maximum Gasteiger partial charge on any atom is 0.254 e. The van der Waals surface area contributed by atoms with E-state index < -0.39 is 18.2 Å². The Balaban J connectivity index is 1.40. The van der Waals surface area contributed by atoms with Gasteiger partial charge < -0.3 is 25.6 Å². The van der Waals surface area contributed by atoms with Crippen LogP contribution in [0.1, 0.15) is 47.8 Å². The number of carbonyl (C=O) groups is 1. The van der Waals surface area contributed by atoms with Crippen LogP contribution in [0, 0.1) is 5.92 Å². The maximum atomic E-state index is 12.5. The van der Waals surface area contributed by atoms with Gasteiger partial charge in [-0.05, 0) is 61.8 Å². The number of anilines is 1. The van der Waals surface area contributed by atoms with Crippen molar-refractivity contribution in [3.05, 3.63) is 57.2 Å². The number of aliphatic hydroxyl groups is 2. The summed E-state index contributed by atoms with van der Waals surface area (Å²) in [7, 11) is 0. The molecule has 0 aliphatic carbocycles. The van der Waals surface area contributed by atoms with Gasteiger partial charge in [-0.2, -0.15) is 0 Å². The van der Waals surface area contributed by atoms with Crippen molar-refractivity contribution in [1.82, 2.24) is 10.3 Å². The average Bonchev–Trinajstić information content (AvgIpc) is 2.79. The van der Waals surface area contributed by atoms with Crippen molar-refractivity contribution in [1.29, 1.82) is 0 Å². The van der Waals surface area contributed by atoms with Crippen LogP contribution in [-0.4, -0.2) is 53.2 Å². The molecule has 33 heavy (non-hydrogen) atoms. The van der Waals surface area contributed by atoms with Crippen LogP contribution in [-0.2, 0) is 17.6 Å². The first-order chi connectivity index (χ1) is 15.8. The van der Waals surface area contributed by atoms with E-state index >= 15 is 0 Å². The van der Waals surface area contributed by atoms with E-state index in [4.69, 9.17) is 32.9 Å². The van der Waals surface area contributed by atoms with Crippen LogP contribution in [0.3, 0.4) is 0 Å². The number of fused-ring (bicyclic) bond motifs is 1. The Hall–Kier alpha value is -1.90. The molecule has 0 saturated carbocycles. The Kier molecular flexibility index (Phi) is 9.77. The third-order valence-corrected chi connectivity index (χ3v) is 6.32. The third-order valence-electron chi connectivity index (χ3n) is 5.69. The van der Waals surface area contributed by atoms with Gasteiger partial charge in [0.05, 0.1) is 21.7 Å². The van der Waals surface area contributed by atoms with E-state index in [1.54, 1.807) is 18.2 Å². The molecule has 7 nitrogen and oxygen atoms in total. The fourth-order valence-electron chi connectivity index (χ4n) is 3.73. The highest BCUT2D eigenvalue weighted by Gasteiger charge is 2.23. The molecule has 0 saturated heterocycles. The molecule has 0 spiro atoms. The number of halogens is 2.